The maximum Gasteiger partial charge on any atom is 0.319 e. The van der Waals surface area contributed by atoms with E-state index in [1.807, 2.05) is 12.1 Å². The zero-order chi connectivity index (χ0) is 23.2. The van der Waals surface area contributed by atoms with E-state index in [0.29, 0.717) is 41.6 Å². The molecule has 0 aliphatic carbocycles. The van der Waals surface area contributed by atoms with Crippen molar-refractivity contribution >= 4 is 29.2 Å². The van der Waals surface area contributed by atoms with Crippen LogP contribution in [0.15, 0.2) is 42.5 Å². The number of carbonyl (C=O) groups is 2. The van der Waals surface area contributed by atoms with E-state index in [-0.39, 0.29) is 37.9 Å². The van der Waals surface area contributed by atoms with Gasteiger partial charge in [0.15, 0.2) is 11.5 Å². The SMILES string of the molecule is O=C(C[C@H]1CC[C@@H](NC(=O)Nc2ccc3c(c2)OCO3)[C@@H](CO)O1)NCc1ccc(Cl)cc1. The molecule has 10 heteroatoms. The molecule has 176 valence electrons. The smallest absolute Gasteiger partial charge is 0.319 e. The van der Waals surface area contributed by atoms with Crippen molar-refractivity contribution in [3.05, 3.63) is 53.1 Å². The third kappa shape index (κ3) is 6.28. The standard InChI is InChI=1S/C23H26ClN3O6/c24-15-3-1-14(2-4-15)11-25-22(29)10-17-6-7-18(21(12-28)33-17)27-23(30)26-16-5-8-19-20(9-16)32-13-31-19/h1-5,8-9,17-18,21,28H,6-7,10-13H2,(H,25,29)(H2,26,27,30)/t17-,18-,21-/m1/s1. The Morgan fingerprint density at radius 3 is 2.64 bits per heavy atom. The fourth-order valence-electron chi connectivity index (χ4n) is 3.84. The summed E-state index contributed by atoms with van der Waals surface area (Å²) in [6.45, 7) is 0.289. The average Bonchev–Trinajstić information content (AvgIpc) is 3.27. The molecule has 9 nitrogen and oxygen atoms in total. The molecule has 2 aromatic rings. The molecular formula is C23H26ClN3O6. The molecule has 3 amide bonds. The van der Waals surface area contributed by atoms with Crippen LogP contribution < -0.4 is 25.4 Å². The number of anilines is 1. The maximum absolute atomic E-state index is 12.4. The molecular weight excluding hydrogens is 450 g/mol. The van der Waals surface area contributed by atoms with Gasteiger partial charge in [0, 0.05) is 23.3 Å². The zero-order valence-electron chi connectivity index (χ0n) is 17.9. The molecule has 33 heavy (non-hydrogen) atoms. The van der Waals surface area contributed by atoms with Crippen molar-refractivity contribution in [2.24, 2.45) is 0 Å². The molecule has 2 aromatic carbocycles. The topological polar surface area (TPSA) is 118 Å². The van der Waals surface area contributed by atoms with Gasteiger partial charge in [-0.15, -0.1) is 0 Å². The van der Waals surface area contributed by atoms with E-state index in [0.717, 1.165) is 5.56 Å². The van der Waals surface area contributed by atoms with Crippen molar-refractivity contribution in [1.29, 1.82) is 0 Å². The first kappa shape index (κ1) is 23.2. The van der Waals surface area contributed by atoms with Gasteiger partial charge < -0.3 is 35.3 Å². The minimum absolute atomic E-state index is 0.140. The fraction of sp³-hybridized carbons (Fsp3) is 0.391. The second-order valence-corrected chi connectivity index (χ2v) is 8.37. The summed E-state index contributed by atoms with van der Waals surface area (Å²) >= 11 is 5.87. The number of fused-ring (bicyclic) bond motifs is 1. The van der Waals surface area contributed by atoms with E-state index >= 15 is 0 Å². The van der Waals surface area contributed by atoms with Gasteiger partial charge in [0.25, 0.3) is 0 Å². The predicted molar refractivity (Wildman–Crippen MR) is 121 cm³/mol. The highest BCUT2D eigenvalue weighted by molar-refractivity contribution is 6.30. The number of ether oxygens (including phenoxy) is 3. The summed E-state index contributed by atoms with van der Waals surface area (Å²) in [6, 6.07) is 11.6. The van der Waals surface area contributed by atoms with Gasteiger partial charge in [-0.3, -0.25) is 4.79 Å². The molecule has 2 aliphatic rings. The van der Waals surface area contributed by atoms with Gasteiger partial charge in [-0.2, -0.15) is 0 Å². The molecule has 3 atom stereocenters. The molecule has 1 saturated heterocycles. The molecule has 0 aromatic heterocycles. The first-order valence-electron chi connectivity index (χ1n) is 10.7. The quantitative estimate of drug-likeness (QED) is 0.489. The van der Waals surface area contributed by atoms with Crippen LogP contribution in [-0.4, -0.2) is 48.7 Å². The third-order valence-electron chi connectivity index (χ3n) is 5.56. The van der Waals surface area contributed by atoms with Gasteiger partial charge in [-0.05, 0) is 42.7 Å². The van der Waals surface area contributed by atoms with Crippen molar-refractivity contribution in [3.63, 3.8) is 0 Å². The molecule has 0 bridgehead atoms. The van der Waals surface area contributed by atoms with Gasteiger partial charge in [-0.1, -0.05) is 23.7 Å². The molecule has 0 spiro atoms. The molecule has 2 heterocycles. The minimum atomic E-state index is -0.602. The van der Waals surface area contributed by atoms with E-state index in [2.05, 4.69) is 16.0 Å². The Labute approximate surface area is 196 Å². The summed E-state index contributed by atoms with van der Waals surface area (Å²) in [4.78, 5) is 24.7. The van der Waals surface area contributed by atoms with E-state index in [1.54, 1.807) is 30.3 Å². The van der Waals surface area contributed by atoms with E-state index in [9.17, 15) is 14.7 Å². The maximum atomic E-state index is 12.4. The number of aliphatic hydroxyl groups excluding tert-OH is 1. The number of rotatable bonds is 7. The lowest BCUT2D eigenvalue weighted by atomic mass is 9.97. The summed E-state index contributed by atoms with van der Waals surface area (Å²) < 4.78 is 16.5. The van der Waals surface area contributed by atoms with Crippen molar-refractivity contribution < 1.29 is 28.9 Å². The van der Waals surface area contributed by atoms with Gasteiger partial charge in [0.1, 0.15) is 6.10 Å². The molecule has 0 radical (unpaired) electrons. The van der Waals surface area contributed by atoms with Gasteiger partial charge in [0.2, 0.25) is 12.7 Å². The number of aliphatic hydroxyl groups is 1. The Kier molecular flexibility index (Phi) is 7.54. The second-order valence-electron chi connectivity index (χ2n) is 7.94. The largest absolute Gasteiger partial charge is 0.454 e. The molecule has 2 aliphatic heterocycles. The number of nitrogens with one attached hydrogen (secondary N) is 3. The van der Waals surface area contributed by atoms with E-state index < -0.39 is 12.1 Å². The van der Waals surface area contributed by atoms with Crippen LogP contribution >= 0.6 is 11.6 Å². The van der Waals surface area contributed by atoms with Crippen molar-refractivity contribution in [2.75, 3.05) is 18.7 Å². The first-order chi connectivity index (χ1) is 16.0. The van der Waals surface area contributed by atoms with Crippen LogP contribution in [0.2, 0.25) is 5.02 Å². The third-order valence-corrected chi connectivity index (χ3v) is 5.81. The summed E-state index contributed by atoms with van der Waals surface area (Å²) in [6.07, 6.45) is 0.409. The summed E-state index contributed by atoms with van der Waals surface area (Å²) in [5.74, 6) is 1.06. The summed E-state index contributed by atoms with van der Waals surface area (Å²) in [7, 11) is 0. The van der Waals surface area contributed by atoms with E-state index in [1.165, 1.54) is 0 Å². The Morgan fingerprint density at radius 1 is 1.06 bits per heavy atom. The number of halogens is 1. The van der Waals surface area contributed by atoms with E-state index in [4.69, 9.17) is 25.8 Å². The van der Waals surface area contributed by atoms with Crippen LogP contribution in [0.1, 0.15) is 24.8 Å². The Bertz CT molecular complexity index is 987. The van der Waals surface area contributed by atoms with Crippen LogP contribution in [0.25, 0.3) is 0 Å². The monoisotopic (exact) mass is 475 g/mol. The summed E-state index contributed by atoms with van der Waals surface area (Å²) in [5, 5.41) is 18.9. The number of benzene rings is 2. The zero-order valence-corrected chi connectivity index (χ0v) is 18.6. The van der Waals surface area contributed by atoms with Crippen LogP contribution in [0, 0.1) is 0 Å². The predicted octanol–water partition coefficient (Wildman–Crippen LogP) is 2.81. The van der Waals surface area contributed by atoms with Crippen LogP contribution in [-0.2, 0) is 16.1 Å². The van der Waals surface area contributed by atoms with Crippen LogP contribution in [0.4, 0.5) is 10.5 Å². The Hall–Kier alpha value is -3.01. The number of urea groups is 1. The number of carbonyl (C=O) groups excluding carboxylic acids is 2. The summed E-state index contributed by atoms with van der Waals surface area (Å²) in [5.41, 5.74) is 1.51. The number of hydrogen-bond acceptors (Lipinski definition) is 6. The lowest BCUT2D eigenvalue weighted by Crippen LogP contribution is -2.52. The number of hydrogen-bond donors (Lipinski definition) is 4. The van der Waals surface area contributed by atoms with Gasteiger partial charge in [-0.25, -0.2) is 4.79 Å². The second kappa shape index (κ2) is 10.7. The van der Waals surface area contributed by atoms with Crippen LogP contribution in [0.5, 0.6) is 11.5 Å². The van der Waals surface area contributed by atoms with Crippen molar-refractivity contribution in [3.8, 4) is 11.5 Å². The molecule has 4 N–H and O–H groups in total. The highest BCUT2D eigenvalue weighted by Gasteiger charge is 2.33. The fourth-order valence-corrected chi connectivity index (χ4v) is 3.96. The van der Waals surface area contributed by atoms with Crippen molar-refractivity contribution in [1.82, 2.24) is 10.6 Å². The normalized spacial score (nSPS) is 21.3. The molecule has 0 saturated carbocycles. The first-order valence-corrected chi connectivity index (χ1v) is 11.1. The van der Waals surface area contributed by atoms with Crippen LogP contribution in [0.3, 0.4) is 0 Å². The Morgan fingerprint density at radius 2 is 1.85 bits per heavy atom. The highest BCUT2D eigenvalue weighted by atomic mass is 35.5. The molecule has 0 unspecified atom stereocenters. The molecule has 1 fully saturated rings. The minimum Gasteiger partial charge on any atom is -0.454 e. The highest BCUT2D eigenvalue weighted by Crippen LogP contribution is 2.34. The Balaban J connectivity index is 1.22. The lowest BCUT2D eigenvalue weighted by molar-refractivity contribution is -0.130. The number of amides is 3. The molecule has 4 rings (SSSR count). The lowest BCUT2D eigenvalue weighted by Gasteiger charge is -2.35. The average molecular weight is 476 g/mol. The van der Waals surface area contributed by atoms with Gasteiger partial charge >= 0.3 is 6.03 Å². The van der Waals surface area contributed by atoms with Crippen molar-refractivity contribution in [2.45, 2.75) is 44.1 Å². The van der Waals surface area contributed by atoms with Gasteiger partial charge in [0.05, 0.1) is 25.2 Å².